The average Bonchev–Trinajstić information content (AvgIpc) is 3.17. The Morgan fingerprint density at radius 1 is 1.00 bits per heavy atom. The summed E-state index contributed by atoms with van der Waals surface area (Å²) in [7, 11) is 0. The lowest BCUT2D eigenvalue weighted by atomic mass is 10.2. The molecule has 5 nitrogen and oxygen atoms in total. The number of carbonyl (C=O) groups is 1. The lowest BCUT2D eigenvalue weighted by Crippen LogP contribution is -2.10. The van der Waals surface area contributed by atoms with E-state index in [9.17, 15) is 14.0 Å². The molecule has 0 fully saturated rings. The molecule has 0 amide bonds. The van der Waals surface area contributed by atoms with E-state index in [4.69, 9.17) is 9.15 Å². The van der Waals surface area contributed by atoms with Crippen LogP contribution in [0.2, 0.25) is 0 Å². The molecular formula is C23H12FNO4S. The molecule has 0 N–H and O–H groups in total. The number of benzene rings is 3. The molecule has 0 saturated carbocycles. The SMILES string of the molecule is O=C(Oc1ccc2cc(-c3nc4ccccc4s3)c(=O)oc2c1)c1ccccc1F. The number of thiazole rings is 1. The number of carbonyl (C=O) groups excluding carboxylic acids is 1. The van der Waals surface area contributed by atoms with Gasteiger partial charge in [-0.1, -0.05) is 24.3 Å². The third-order valence-electron chi connectivity index (χ3n) is 4.54. The summed E-state index contributed by atoms with van der Waals surface area (Å²) in [5.41, 5.74) is 0.709. The van der Waals surface area contributed by atoms with E-state index < -0.39 is 17.4 Å². The Morgan fingerprint density at radius 2 is 1.80 bits per heavy atom. The van der Waals surface area contributed by atoms with Crippen molar-refractivity contribution in [3.8, 4) is 16.3 Å². The summed E-state index contributed by atoms with van der Waals surface area (Å²) in [6.45, 7) is 0. The Bertz CT molecular complexity index is 1450. The average molecular weight is 417 g/mol. The molecule has 0 aliphatic carbocycles. The van der Waals surface area contributed by atoms with Crippen molar-refractivity contribution in [3.63, 3.8) is 0 Å². The van der Waals surface area contributed by atoms with Crippen molar-refractivity contribution in [3.05, 3.63) is 94.6 Å². The van der Waals surface area contributed by atoms with Crippen LogP contribution in [0.1, 0.15) is 10.4 Å². The second-order valence-corrected chi connectivity index (χ2v) is 7.53. The first kappa shape index (κ1) is 18.2. The van der Waals surface area contributed by atoms with E-state index in [0.717, 1.165) is 10.2 Å². The number of fused-ring (bicyclic) bond motifs is 2. The molecule has 2 heterocycles. The van der Waals surface area contributed by atoms with Gasteiger partial charge in [-0.25, -0.2) is 19.0 Å². The topological polar surface area (TPSA) is 69.4 Å². The van der Waals surface area contributed by atoms with Gasteiger partial charge in [-0.15, -0.1) is 11.3 Å². The van der Waals surface area contributed by atoms with Gasteiger partial charge in [-0.3, -0.25) is 0 Å². The minimum absolute atomic E-state index is 0.145. The summed E-state index contributed by atoms with van der Waals surface area (Å²) in [6, 6.07) is 19.5. The number of esters is 1. The molecule has 5 rings (SSSR count). The highest BCUT2D eigenvalue weighted by molar-refractivity contribution is 7.21. The molecule has 30 heavy (non-hydrogen) atoms. The predicted molar refractivity (Wildman–Crippen MR) is 112 cm³/mol. The molecular weight excluding hydrogens is 405 g/mol. The Labute approximate surface area is 173 Å². The van der Waals surface area contributed by atoms with Crippen LogP contribution in [0, 0.1) is 5.82 Å². The van der Waals surface area contributed by atoms with Gasteiger partial charge in [0.05, 0.1) is 21.3 Å². The quantitative estimate of drug-likeness (QED) is 0.222. The number of aromatic nitrogens is 1. The third kappa shape index (κ3) is 3.25. The van der Waals surface area contributed by atoms with Gasteiger partial charge in [0.1, 0.15) is 22.2 Å². The van der Waals surface area contributed by atoms with Crippen LogP contribution in [-0.2, 0) is 0 Å². The molecule has 2 aromatic heterocycles. The lowest BCUT2D eigenvalue weighted by molar-refractivity contribution is 0.0730. The monoisotopic (exact) mass is 417 g/mol. The normalized spacial score (nSPS) is 11.1. The summed E-state index contributed by atoms with van der Waals surface area (Å²) < 4.78 is 25.4. The van der Waals surface area contributed by atoms with E-state index in [2.05, 4.69) is 4.98 Å². The molecule has 0 aliphatic heterocycles. The fraction of sp³-hybridized carbons (Fsp3) is 0. The Balaban J connectivity index is 1.50. The van der Waals surface area contributed by atoms with Crippen LogP contribution in [0.3, 0.4) is 0 Å². The predicted octanol–water partition coefficient (Wildman–Crippen LogP) is 5.43. The van der Waals surface area contributed by atoms with Crippen LogP contribution in [0.4, 0.5) is 4.39 Å². The molecule has 0 spiro atoms. The summed E-state index contributed by atoms with van der Waals surface area (Å²) in [4.78, 5) is 29.3. The van der Waals surface area contributed by atoms with Crippen LogP contribution in [0.5, 0.6) is 5.75 Å². The summed E-state index contributed by atoms with van der Waals surface area (Å²) in [5.74, 6) is -1.36. The molecule has 5 aromatic rings. The van der Waals surface area contributed by atoms with Crippen molar-refractivity contribution in [2.45, 2.75) is 0 Å². The van der Waals surface area contributed by atoms with E-state index in [0.29, 0.717) is 16.0 Å². The maximum absolute atomic E-state index is 13.8. The van der Waals surface area contributed by atoms with Crippen molar-refractivity contribution in [2.24, 2.45) is 0 Å². The van der Waals surface area contributed by atoms with Gasteiger partial charge in [-0.2, -0.15) is 0 Å². The number of nitrogens with zero attached hydrogens (tertiary/aromatic N) is 1. The first-order chi connectivity index (χ1) is 14.6. The Kier molecular flexibility index (Phi) is 4.37. The first-order valence-electron chi connectivity index (χ1n) is 8.99. The van der Waals surface area contributed by atoms with E-state index in [-0.39, 0.29) is 16.9 Å². The van der Waals surface area contributed by atoms with Gasteiger partial charge in [0, 0.05) is 11.5 Å². The zero-order chi connectivity index (χ0) is 20.7. The van der Waals surface area contributed by atoms with Gasteiger partial charge in [0.25, 0.3) is 0 Å². The summed E-state index contributed by atoms with van der Waals surface area (Å²) in [6.07, 6.45) is 0. The van der Waals surface area contributed by atoms with Gasteiger partial charge in [-0.05, 0) is 42.5 Å². The van der Waals surface area contributed by atoms with Gasteiger partial charge in [0.15, 0.2) is 0 Å². The number of rotatable bonds is 3. The summed E-state index contributed by atoms with van der Waals surface area (Å²) in [5, 5.41) is 1.22. The van der Waals surface area contributed by atoms with Crippen LogP contribution < -0.4 is 10.4 Å². The smallest absolute Gasteiger partial charge is 0.346 e. The molecule has 0 aliphatic rings. The number of para-hydroxylation sites is 1. The number of halogens is 1. The van der Waals surface area contributed by atoms with Crippen molar-refractivity contribution >= 4 is 38.5 Å². The van der Waals surface area contributed by atoms with Crippen molar-refractivity contribution in [1.82, 2.24) is 4.98 Å². The van der Waals surface area contributed by atoms with E-state index in [1.165, 1.54) is 35.6 Å². The van der Waals surface area contributed by atoms with E-state index in [1.807, 2.05) is 24.3 Å². The fourth-order valence-electron chi connectivity index (χ4n) is 3.08. The Morgan fingerprint density at radius 3 is 2.63 bits per heavy atom. The molecule has 0 atom stereocenters. The number of ether oxygens (including phenoxy) is 1. The van der Waals surface area contributed by atoms with Crippen LogP contribution in [0.25, 0.3) is 31.8 Å². The second-order valence-electron chi connectivity index (χ2n) is 6.50. The molecule has 3 aromatic carbocycles. The van der Waals surface area contributed by atoms with Crippen LogP contribution in [0.15, 0.2) is 82.0 Å². The van der Waals surface area contributed by atoms with Gasteiger partial charge >= 0.3 is 11.6 Å². The van der Waals surface area contributed by atoms with E-state index >= 15 is 0 Å². The minimum atomic E-state index is -0.833. The molecule has 7 heteroatoms. The van der Waals surface area contributed by atoms with Gasteiger partial charge in [0.2, 0.25) is 0 Å². The third-order valence-corrected chi connectivity index (χ3v) is 5.61. The second kappa shape index (κ2) is 7.20. The van der Waals surface area contributed by atoms with E-state index in [1.54, 1.807) is 24.3 Å². The highest BCUT2D eigenvalue weighted by Crippen LogP contribution is 2.30. The Hall–Kier alpha value is -3.84. The van der Waals surface area contributed by atoms with Crippen molar-refractivity contribution in [2.75, 3.05) is 0 Å². The summed E-state index contributed by atoms with van der Waals surface area (Å²) >= 11 is 1.41. The number of hydrogen-bond acceptors (Lipinski definition) is 6. The molecule has 146 valence electrons. The largest absolute Gasteiger partial charge is 0.423 e. The molecule has 0 bridgehead atoms. The lowest BCUT2D eigenvalue weighted by Gasteiger charge is -2.06. The molecule has 0 saturated heterocycles. The maximum Gasteiger partial charge on any atom is 0.346 e. The standard InChI is InChI=1S/C23H12FNO4S/c24-17-6-2-1-5-15(17)22(26)28-14-10-9-13-11-16(23(27)29-19(13)12-14)21-25-18-7-3-4-8-20(18)30-21/h1-12H. The van der Waals surface area contributed by atoms with Crippen LogP contribution in [-0.4, -0.2) is 11.0 Å². The highest BCUT2D eigenvalue weighted by atomic mass is 32.1. The fourth-order valence-corrected chi connectivity index (χ4v) is 4.05. The molecule has 0 radical (unpaired) electrons. The maximum atomic E-state index is 13.8. The van der Waals surface area contributed by atoms with Gasteiger partial charge < -0.3 is 9.15 Å². The zero-order valence-electron chi connectivity index (χ0n) is 15.3. The van der Waals surface area contributed by atoms with Crippen molar-refractivity contribution in [1.29, 1.82) is 0 Å². The minimum Gasteiger partial charge on any atom is -0.423 e. The highest BCUT2D eigenvalue weighted by Gasteiger charge is 2.16. The number of hydrogen-bond donors (Lipinski definition) is 0. The first-order valence-corrected chi connectivity index (χ1v) is 9.81. The zero-order valence-corrected chi connectivity index (χ0v) is 16.1. The van der Waals surface area contributed by atoms with Crippen molar-refractivity contribution < 1.29 is 18.3 Å². The molecule has 0 unspecified atom stereocenters. The van der Waals surface area contributed by atoms with Crippen LogP contribution >= 0.6 is 11.3 Å².